The monoisotopic (exact) mass is 361 g/mol. The Bertz CT molecular complexity index is 857. The molecule has 0 aromatic carbocycles. The Hall–Kier alpha value is -3.17. The van der Waals surface area contributed by atoms with Crippen LogP contribution < -0.4 is 26.0 Å². The van der Waals surface area contributed by atoms with Gasteiger partial charge in [0, 0.05) is 24.5 Å². The Morgan fingerprint density at radius 1 is 1.12 bits per heavy atom. The second-order valence-electron chi connectivity index (χ2n) is 5.94. The molecule has 0 bridgehead atoms. The zero-order valence-electron chi connectivity index (χ0n) is 14.2. The molecule has 0 spiro atoms. The Balaban J connectivity index is 1.54. The molecule has 0 aliphatic heterocycles. The second-order valence-corrected chi connectivity index (χ2v) is 5.94. The van der Waals surface area contributed by atoms with Crippen molar-refractivity contribution in [2.24, 2.45) is 0 Å². The number of carbonyl (C=O) groups excluding carboxylic acids is 1. The zero-order valence-corrected chi connectivity index (χ0v) is 14.2. The van der Waals surface area contributed by atoms with Gasteiger partial charge in [0.25, 0.3) is 23.2 Å². The molecule has 0 saturated heterocycles. The number of nitrogens with one attached hydrogen (secondary N) is 3. The first-order valence-electron chi connectivity index (χ1n) is 8.21. The summed E-state index contributed by atoms with van der Waals surface area (Å²) in [6.45, 7) is 0. The van der Waals surface area contributed by atoms with Gasteiger partial charge >= 0.3 is 5.69 Å². The van der Waals surface area contributed by atoms with E-state index in [4.69, 9.17) is 9.47 Å². The fourth-order valence-electron chi connectivity index (χ4n) is 2.87. The summed E-state index contributed by atoms with van der Waals surface area (Å²) in [6, 6.07) is 1.00. The topological polar surface area (TPSA) is 139 Å². The lowest BCUT2D eigenvalue weighted by atomic mass is 9.93. The summed E-state index contributed by atoms with van der Waals surface area (Å²) in [7, 11) is 1.50. The highest BCUT2D eigenvalue weighted by atomic mass is 16.5. The third kappa shape index (κ3) is 4.26. The zero-order chi connectivity index (χ0) is 18.5. The average molecular weight is 361 g/mol. The Morgan fingerprint density at radius 3 is 2.46 bits per heavy atom. The average Bonchev–Trinajstić information content (AvgIpc) is 2.63. The minimum absolute atomic E-state index is 0.0480. The molecule has 0 unspecified atom stereocenters. The lowest BCUT2D eigenvalue weighted by Crippen LogP contribution is -2.41. The van der Waals surface area contributed by atoms with Crippen molar-refractivity contribution in [1.82, 2.24) is 25.3 Å². The summed E-state index contributed by atoms with van der Waals surface area (Å²) in [4.78, 5) is 47.2. The number of methoxy groups -OCH3 is 1. The van der Waals surface area contributed by atoms with E-state index in [1.807, 2.05) is 4.98 Å². The third-order valence-corrected chi connectivity index (χ3v) is 4.12. The largest absolute Gasteiger partial charge is 0.477 e. The molecule has 138 valence electrons. The molecule has 2 aromatic heterocycles. The first-order chi connectivity index (χ1) is 12.5. The number of aromatic nitrogens is 4. The minimum Gasteiger partial charge on any atom is -0.477 e. The first kappa shape index (κ1) is 17.6. The van der Waals surface area contributed by atoms with Crippen LogP contribution in [0.2, 0.25) is 0 Å². The van der Waals surface area contributed by atoms with Crippen LogP contribution in [0.3, 0.4) is 0 Å². The van der Waals surface area contributed by atoms with E-state index in [1.165, 1.54) is 19.5 Å². The van der Waals surface area contributed by atoms with Gasteiger partial charge in [-0.15, -0.1) is 0 Å². The summed E-state index contributed by atoms with van der Waals surface area (Å²) in [5, 5.41) is 2.83. The number of ether oxygens (including phenoxy) is 2. The van der Waals surface area contributed by atoms with Crippen LogP contribution in [-0.4, -0.2) is 45.1 Å². The smallest absolute Gasteiger partial charge is 0.326 e. The van der Waals surface area contributed by atoms with Gasteiger partial charge in [-0.3, -0.25) is 14.6 Å². The SMILES string of the molecule is COc1nccnc1OC1CCC(NC(=O)c2cc(=O)[nH]c(=O)[nH]2)CC1. The van der Waals surface area contributed by atoms with Gasteiger partial charge in [-0.1, -0.05) is 0 Å². The Kier molecular flexibility index (Phi) is 5.30. The molecule has 1 saturated carbocycles. The predicted octanol–water partition coefficient (Wildman–Crippen LogP) is -0.0182. The summed E-state index contributed by atoms with van der Waals surface area (Å²) in [6.07, 6.45) is 5.85. The van der Waals surface area contributed by atoms with E-state index < -0.39 is 17.2 Å². The maximum atomic E-state index is 12.2. The molecule has 2 heterocycles. The molecule has 1 amide bonds. The third-order valence-electron chi connectivity index (χ3n) is 4.12. The standard InChI is InChI=1S/C16H19N5O5/c1-25-14-15(18-7-6-17-14)26-10-4-2-9(3-5-10)19-13(23)11-8-12(22)21-16(24)20-11/h6-10H,2-5H2,1H3,(H,19,23)(H2,20,21,22,24). The van der Waals surface area contributed by atoms with Crippen molar-refractivity contribution in [3.63, 3.8) is 0 Å². The second kappa shape index (κ2) is 7.81. The van der Waals surface area contributed by atoms with Crippen LogP contribution in [0.5, 0.6) is 11.8 Å². The minimum atomic E-state index is -0.710. The summed E-state index contributed by atoms with van der Waals surface area (Å²) in [5.41, 5.74) is -1.38. The van der Waals surface area contributed by atoms with E-state index in [0.717, 1.165) is 18.9 Å². The molecule has 26 heavy (non-hydrogen) atoms. The number of nitrogens with zero attached hydrogens (tertiary/aromatic N) is 2. The maximum Gasteiger partial charge on any atom is 0.326 e. The molecular weight excluding hydrogens is 342 g/mol. The number of hydrogen-bond acceptors (Lipinski definition) is 7. The van der Waals surface area contributed by atoms with Crippen molar-refractivity contribution in [3.8, 4) is 11.8 Å². The number of rotatable bonds is 5. The normalized spacial score (nSPS) is 19.6. The summed E-state index contributed by atoms with van der Waals surface area (Å²) in [5.74, 6) is 0.206. The van der Waals surface area contributed by atoms with Crippen molar-refractivity contribution < 1.29 is 14.3 Å². The first-order valence-corrected chi connectivity index (χ1v) is 8.21. The fraction of sp³-hybridized carbons (Fsp3) is 0.438. The molecular formula is C16H19N5O5. The molecule has 1 aliphatic rings. The lowest BCUT2D eigenvalue weighted by molar-refractivity contribution is 0.0881. The van der Waals surface area contributed by atoms with Crippen LogP contribution in [0.4, 0.5) is 0 Å². The Labute approximate surface area is 148 Å². The van der Waals surface area contributed by atoms with Crippen molar-refractivity contribution >= 4 is 5.91 Å². The van der Waals surface area contributed by atoms with Crippen molar-refractivity contribution in [2.45, 2.75) is 37.8 Å². The maximum absolute atomic E-state index is 12.2. The van der Waals surface area contributed by atoms with Crippen LogP contribution in [0.1, 0.15) is 36.2 Å². The van der Waals surface area contributed by atoms with Gasteiger partial charge in [-0.25, -0.2) is 14.8 Å². The number of amides is 1. The van der Waals surface area contributed by atoms with Crippen molar-refractivity contribution in [2.75, 3.05) is 7.11 Å². The van der Waals surface area contributed by atoms with E-state index in [-0.39, 0.29) is 17.8 Å². The van der Waals surface area contributed by atoms with Crippen LogP contribution in [0, 0.1) is 0 Å². The quantitative estimate of drug-likeness (QED) is 0.680. The molecule has 1 fully saturated rings. The van der Waals surface area contributed by atoms with Gasteiger partial charge in [-0.05, 0) is 25.7 Å². The molecule has 2 aromatic rings. The van der Waals surface area contributed by atoms with Gasteiger partial charge < -0.3 is 19.8 Å². The lowest BCUT2D eigenvalue weighted by Gasteiger charge is -2.29. The van der Waals surface area contributed by atoms with E-state index in [1.54, 1.807) is 0 Å². The van der Waals surface area contributed by atoms with Gasteiger partial charge in [-0.2, -0.15) is 0 Å². The molecule has 3 N–H and O–H groups in total. The van der Waals surface area contributed by atoms with Gasteiger partial charge in [0.15, 0.2) is 0 Å². The van der Waals surface area contributed by atoms with E-state index >= 15 is 0 Å². The highest BCUT2D eigenvalue weighted by Crippen LogP contribution is 2.27. The molecule has 1 aliphatic carbocycles. The highest BCUT2D eigenvalue weighted by molar-refractivity contribution is 5.92. The Morgan fingerprint density at radius 2 is 1.81 bits per heavy atom. The van der Waals surface area contributed by atoms with Gasteiger partial charge in [0.05, 0.1) is 7.11 Å². The van der Waals surface area contributed by atoms with Gasteiger partial charge in [0.1, 0.15) is 11.8 Å². The number of carbonyl (C=O) groups is 1. The number of hydrogen-bond donors (Lipinski definition) is 3. The van der Waals surface area contributed by atoms with Crippen molar-refractivity contribution in [3.05, 3.63) is 45.0 Å². The van der Waals surface area contributed by atoms with E-state index in [9.17, 15) is 14.4 Å². The fourth-order valence-corrected chi connectivity index (χ4v) is 2.87. The van der Waals surface area contributed by atoms with Crippen LogP contribution >= 0.6 is 0 Å². The highest BCUT2D eigenvalue weighted by Gasteiger charge is 2.25. The molecule has 0 radical (unpaired) electrons. The number of aromatic amines is 2. The van der Waals surface area contributed by atoms with Crippen LogP contribution in [0.25, 0.3) is 0 Å². The summed E-state index contributed by atoms with van der Waals surface area (Å²) >= 11 is 0. The van der Waals surface area contributed by atoms with E-state index in [0.29, 0.717) is 24.6 Å². The summed E-state index contributed by atoms with van der Waals surface area (Å²) < 4.78 is 11.0. The molecule has 0 atom stereocenters. The number of H-pyrrole nitrogens is 2. The molecule has 10 heteroatoms. The van der Waals surface area contributed by atoms with Crippen LogP contribution in [-0.2, 0) is 0 Å². The van der Waals surface area contributed by atoms with Gasteiger partial charge in [0.2, 0.25) is 0 Å². The van der Waals surface area contributed by atoms with Crippen LogP contribution in [0.15, 0.2) is 28.0 Å². The molecule has 10 nitrogen and oxygen atoms in total. The van der Waals surface area contributed by atoms with Crippen molar-refractivity contribution in [1.29, 1.82) is 0 Å². The molecule has 3 rings (SSSR count). The predicted molar refractivity (Wildman–Crippen MR) is 90.4 cm³/mol. The van der Waals surface area contributed by atoms with E-state index in [2.05, 4.69) is 20.3 Å².